The van der Waals surface area contributed by atoms with E-state index in [1.165, 1.54) is 6.07 Å². The van der Waals surface area contributed by atoms with Gasteiger partial charge in [0.15, 0.2) is 0 Å². The van der Waals surface area contributed by atoms with Crippen LogP contribution in [0.3, 0.4) is 0 Å². The van der Waals surface area contributed by atoms with Crippen LogP contribution in [0.2, 0.25) is 0 Å². The molecule has 2 atom stereocenters. The van der Waals surface area contributed by atoms with Crippen molar-refractivity contribution in [3.8, 4) is 0 Å². The van der Waals surface area contributed by atoms with E-state index in [0.29, 0.717) is 25.2 Å². The Kier molecular flexibility index (Phi) is 3.80. The number of hydrogen-bond acceptors (Lipinski definition) is 2. The van der Waals surface area contributed by atoms with E-state index in [9.17, 15) is 18.0 Å². The molecule has 0 radical (unpaired) electrons. The van der Waals surface area contributed by atoms with Crippen molar-refractivity contribution in [3.63, 3.8) is 0 Å². The number of benzene rings is 2. The molecule has 4 rings (SSSR count). The second-order valence-electron chi connectivity index (χ2n) is 6.65. The first-order valence-corrected chi connectivity index (χ1v) is 8.21. The molecule has 0 unspecified atom stereocenters. The highest BCUT2D eigenvalue weighted by Crippen LogP contribution is 2.46. The highest BCUT2D eigenvalue weighted by molar-refractivity contribution is 5.98. The van der Waals surface area contributed by atoms with Gasteiger partial charge >= 0.3 is 6.18 Å². The number of rotatable bonds is 2. The zero-order valence-corrected chi connectivity index (χ0v) is 13.4. The van der Waals surface area contributed by atoms with E-state index < -0.39 is 11.7 Å². The van der Waals surface area contributed by atoms with Gasteiger partial charge in [-0.1, -0.05) is 42.5 Å². The SMILES string of the molecule is O=C1Nc2c(cccc2C(F)(F)F)[C@@H]2CN(Cc3ccccc3)C[C@@H]12. The molecule has 2 aliphatic heterocycles. The highest BCUT2D eigenvalue weighted by atomic mass is 19.4. The number of alkyl halides is 3. The van der Waals surface area contributed by atoms with Crippen LogP contribution in [0.4, 0.5) is 18.9 Å². The van der Waals surface area contributed by atoms with E-state index in [4.69, 9.17) is 0 Å². The third kappa shape index (κ3) is 2.91. The number of halogens is 3. The van der Waals surface area contributed by atoms with Crippen LogP contribution in [0.25, 0.3) is 0 Å². The average Bonchev–Trinajstić information content (AvgIpc) is 2.99. The van der Waals surface area contributed by atoms with Crippen molar-refractivity contribution in [3.05, 3.63) is 65.2 Å². The molecule has 1 saturated heterocycles. The van der Waals surface area contributed by atoms with Gasteiger partial charge in [-0.15, -0.1) is 0 Å². The zero-order valence-electron chi connectivity index (χ0n) is 13.4. The normalized spacial score (nSPS) is 23.1. The number of anilines is 1. The summed E-state index contributed by atoms with van der Waals surface area (Å²) < 4.78 is 39.7. The highest BCUT2D eigenvalue weighted by Gasteiger charge is 2.45. The summed E-state index contributed by atoms with van der Waals surface area (Å²) in [5, 5.41) is 2.51. The van der Waals surface area contributed by atoms with Crippen LogP contribution in [-0.4, -0.2) is 23.9 Å². The van der Waals surface area contributed by atoms with Crippen molar-refractivity contribution in [2.75, 3.05) is 18.4 Å². The Morgan fingerprint density at radius 2 is 1.72 bits per heavy atom. The molecular formula is C19H17F3N2O. The molecule has 6 heteroatoms. The minimum atomic E-state index is -4.48. The number of likely N-dealkylation sites (tertiary alicyclic amines) is 1. The number of carbonyl (C=O) groups excluding carboxylic acids is 1. The van der Waals surface area contributed by atoms with Crippen molar-refractivity contribution < 1.29 is 18.0 Å². The Bertz CT molecular complexity index is 804. The maximum Gasteiger partial charge on any atom is 0.418 e. The second kappa shape index (κ2) is 5.88. The molecule has 0 spiro atoms. The van der Waals surface area contributed by atoms with Crippen molar-refractivity contribution in [2.45, 2.75) is 18.6 Å². The number of carbonyl (C=O) groups is 1. The molecule has 1 fully saturated rings. The van der Waals surface area contributed by atoms with E-state index in [1.807, 2.05) is 30.3 Å². The molecule has 0 aliphatic carbocycles. The Balaban J connectivity index is 1.64. The number of hydrogen-bond donors (Lipinski definition) is 1. The maximum absolute atomic E-state index is 13.2. The molecule has 25 heavy (non-hydrogen) atoms. The summed E-state index contributed by atoms with van der Waals surface area (Å²) in [6.45, 7) is 1.83. The quantitative estimate of drug-likeness (QED) is 0.895. The summed E-state index contributed by atoms with van der Waals surface area (Å²) in [5.41, 5.74) is 0.891. The number of para-hydroxylation sites is 1. The lowest BCUT2D eigenvalue weighted by molar-refractivity contribution is -0.137. The molecule has 130 valence electrons. The Morgan fingerprint density at radius 1 is 1.00 bits per heavy atom. The number of fused-ring (bicyclic) bond motifs is 3. The van der Waals surface area contributed by atoms with E-state index in [-0.39, 0.29) is 23.4 Å². The lowest BCUT2D eigenvalue weighted by Gasteiger charge is -2.29. The summed E-state index contributed by atoms with van der Waals surface area (Å²) in [6.07, 6.45) is -4.48. The van der Waals surface area contributed by atoms with Crippen LogP contribution < -0.4 is 5.32 Å². The van der Waals surface area contributed by atoms with Gasteiger partial charge in [0.25, 0.3) is 0 Å². The van der Waals surface area contributed by atoms with Gasteiger partial charge in [0.2, 0.25) is 5.91 Å². The molecular weight excluding hydrogens is 329 g/mol. The summed E-state index contributed by atoms with van der Waals surface area (Å²) >= 11 is 0. The monoisotopic (exact) mass is 346 g/mol. The predicted molar refractivity (Wildman–Crippen MR) is 88.0 cm³/mol. The lowest BCUT2D eigenvalue weighted by Crippen LogP contribution is -2.34. The van der Waals surface area contributed by atoms with Crippen molar-refractivity contribution in [2.24, 2.45) is 5.92 Å². The van der Waals surface area contributed by atoms with Crippen molar-refractivity contribution in [1.82, 2.24) is 4.90 Å². The van der Waals surface area contributed by atoms with Gasteiger partial charge in [-0.25, -0.2) is 0 Å². The molecule has 0 bridgehead atoms. The van der Waals surface area contributed by atoms with Crippen LogP contribution in [0.1, 0.15) is 22.6 Å². The Morgan fingerprint density at radius 3 is 2.44 bits per heavy atom. The Labute approximate surface area is 143 Å². The van der Waals surface area contributed by atoms with Gasteiger partial charge in [0.05, 0.1) is 17.2 Å². The first kappa shape index (κ1) is 16.1. The first-order valence-electron chi connectivity index (χ1n) is 8.21. The minimum absolute atomic E-state index is 0.0668. The molecule has 1 amide bonds. The molecule has 2 aromatic carbocycles. The van der Waals surface area contributed by atoms with E-state index in [0.717, 1.165) is 11.6 Å². The first-order chi connectivity index (χ1) is 11.9. The van der Waals surface area contributed by atoms with Crippen LogP contribution >= 0.6 is 0 Å². The molecule has 2 heterocycles. The van der Waals surface area contributed by atoms with Crippen LogP contribution in [-0.2, 0) is 17.5 Å². The fourth-order valence-electron chi connectivity index (χ4n) is 3.91. The molecule has 3 nitrogen and oxygen atoms in total. The fraction of sp³-hybridized carbons (Fsp3) is 0.316. The average molecular weight is 346 g/mol. The smallest absolute Gasteiger partial charge is 0.325 e. The molecule has 0 saturated carbocycles. The van der Waals surface area contributed by atoms with Gasteiger partial charge in [-0.05, 0) is 17.2 Å². The van der Waals surface area contributed by atoms with Gasteiger partial charge < -0.3 is 5.32 Å². The predicted octanol–water partition coefficient (Wildman–Crippen LogP) is 3.87. The maximum atomic E-state index is 13.2. The van der Waals surface area contributed by atoms with Crippen LogP contribution in [0.5, 0.6) is 0 Å². The number of nitrogens with zero attached hydrogens (tertiary/aromatic N) is 1. The summed E-state index contributed by atoms with van der Waals surface area (Å²) in [5.74, 6) is -0.820. The van der Waals surface area contributed by atoms with E-state index in [1.54, 1.807) is 6.07 Å². The molecule has 0 aromatic heterocycles. The van der Waals surface area contributed by atoms with Crippen molar-refractivity contribution in [1.29, 1.82) is 0 Å². The third-order valence-corrected chi connectivity index (χ3v) is 5.03. The second-order valence-corrected chi connectivity index (χ2v) is 6.65. The van der Waals surface area contributed by atoms with Gasteiger partial charge in [0, 0.05) is 25.6 Å². The summed E-state index contributed by atoms with van der Waals surface area (Å²) in [7, 11) is 0. The van der Waals surface area contributed by atoms with Gasteiger partial charge in [0.1, 0.15) is 0 Å². The van der Waals surface area contributed by atoms with Crippen LogP contribution in [0, 0.1) is 5.92 Å². The zero-order chi connectivity index (χ0) is 17.6. The van der Waals surface area contributed by atoms with Crippen molar-refractivity contribution >= 4 is 11.6 Å². The fourth-order valence-corrected chi connectivity index (χ4v) is 3.91. The molecule has 2 aliphatic rings. The van der Waals surface area contributed by atoms with Gasteiger partial charge in [-0.2, -0.15) is 13.2 Å². The Hall–Kier alpha value is -2.34. The number of amides is 1. The molecule has 1 N–H and O–H groups in total. The summed E-state index contributed by atoms with van der Waals surface area (Å²) in [4.78, 5) is 14.5. The summed E-state index contributed by atoms with van der Waals surface area (Å²) in [6, 6.07) is 14.0. The molecule has 2 aromatic rings. The lowest BCUT2D eigenvalue weighted by atomic mass is 9.83. The topological polar surface area (TPSA) is 32.3 Å². The third-order valence-electron chi connectivity index (χ3n) is 5.03. The van der Waals surface area contributed by atoms with Gasteiger partial charge in [-0.3, -0.25) is 9.69 Å². The van der Waals surface area contributed by atoms with Crippen LogP contribution in [0.15, 0.2) is 48.5 Å². The van der Waals surface area contributed by atoms with E-state index >= 15 is 0 Å². The number of nitrogens with one attached hydrogen (secondary N) is 1. The largest absolute Gasteiger partial charge is 0.418 e. The standard InChI is InChI=1S/C19H17F3N2O/c20-19(21,22)16-8-4-7-13-14-10-24(9-12-5-2-1-3-6-12)11-15(14)18(25)23-17(13)16/h1-8,14-15H,9-11H2,(H,23,25)/t14-,15+/m0/s1. The minimum Gasteiger partial charge on any atom is -0.325 e. The van der Waals surface area contributed by atoms with E-state index in [2.05, 4.69) is 10.2 Å².